The van der Waals surface area contributed by atoms with Gasteiger partial charge in [-0.1, -0.05) is 47.3 Å². The fraction of sp³-hybridized carbons (Fsp3) is 0.400. The largest absolute Gasteiger partial charge is 0.387 e. The second kappa shape index (κ2) is 9.68. The van der Waals surface area contributed by atoms with Crippen LogP contribution < -0.4 is 16.2 Å². The molecule has 0 amide bonds. The fourth-order valence-corrected chi connectivity index (χ4v) is 6.03. The minimum absolute atomic E-state index is 0.0657. The number of thioether (sulfide) groups is 1. The summed E-state index contributed by atoms with van der Waals surface area (Å²) in [6, 6.07) is 10.8. The number of fused-ring (bicyclic) bond motifs is 1. The molecule has 4 rings (SSSR count). The molecule has 0 bridgehead atoms. The first-order chi connectivity index (χ1) is 15.0. The van der Waals surface area contributed by atoms with Crippen molar-refractivity contribution in [2.24, 2.45) is 0 Å². The van der Waals surface area contributed by atoms with Crippen LogP contribution in [0.5, 0.6) is 0 Å². The Hall–Kier alpha value is -1.95. The topological polar surface area (TPSA) is 56.9 Å². The van der Waals surface area contributed by atoms with Crippen LogP contribution in [0.4, 0.5) is 5.69 Å². The van der Waals surface area contributed by atoms with Crippen molar-refractivity contribution in [3.8, 4) is 11.1 Å². The normalized spacial score (nSPS) is 16.6. The van der Waals surface area contributed by atoms with Crippen molar-refractivity contribution in [1.82, 2.24) is 10.3 Å². The quantitative estimate of drug-likeness (QED) is 0.391. The van der Waals surface area contributed by atoms with Crippen molar-refractivity contribution in [2.45, 2.75) is 50.5 Å². The number of pyridine rings is 1. The monoisotopic (exact) mass is 455 g/mol. The number of hydrogen-bond donors (Lipinski definition) is 3. The summed E-state index contributed by atoms with van der Waals surface area (Å²) in [6.07, 6.45) is 4.90. The first kappa shape index (κ1) is 22.3. The van der Waals surface area contributed by atoms with E-state index in [2.05, 4.69) is 53.7 Å². The summed E-state index contributed by atoms with van der Waals surface area (Å²) < 4.78 is 0. The fourth-order valence-electron chi connectivity index (χ4n) is 4.48. The number of rotatable bonds is 6. The number of piperidine rings is 1. The average molecular weight is 456 g/mol. The molecule has 2 aromatic carbocycles. The molecule has 0 saturated carbocycles. The van der Waals surface area contributed by atoms with Crippen molar-refractivity contribution < 1.29 is 0 Å². The van der Waals surface area contributed by atoms with Gasteiger partial charge in [0, 0.05) is 23.4 Å². The summed E-state index contributed by atoms with van der Waals surface area (Å²) in [5, 5.41) is 8.44. The number of halogens is 1. The Bertz CT molecular complexity index is 1130. The summed E-state index contributed by atoms with van der Waals surface area (Å²) in [7, 11) is 1.87. The Morgan fingerprint density at radius 1 is 1.13 bits per heavy atom. The number of H-pyrrole nitrogens is 1. The number of nitrogens with one attached hydrogen (secondary N) is 3. The second-order valence-corrected chi connectivity index (χ2v) is 9.96. The van der Waals surface area contributed by atoms with E-state index in [1.165, 1.54) is 19.3 Å². The van der Waals surface area contributed by atoms with Crippen LogP contribution in [0.2, 0.25) is 5.02 Å². The van der Waals surface area contributed by atoms with E-state index >= 15 is 0 Å². The Labute approximate surface area is 193 Å². The third-order valence-electron chi connectivity index (χ3n) is 5.96. The van der Waals surface area contributed by atoms with Crippen LogP contribution in [0, 0.1) is 13.8 Å². The van der Waals surface area contributed by atoms with Gasteiger partial charge in [0.05, 0.1) is 21.8 Å². The highest BCUT2D eigenvalue weighted by atomic mass is 35.5. The van der Waals surface area contributed by atoms with Gasteiger partial charge >= 0.3 is 0 Å². The maximum atomic E-state index is 13.3. The summed E-state index contributed by atoms with van der Waals surface area (Å²) >= 11 is 8.20. The van der Waals surface area contributed by atoms with E-state index in [1.54, 1.807) is 11.8 Å². The number of aromatic nitrogens is 1. The molecule has 1 aliphatic heterocycles. The van der Waals surface area contributed by atoms with Gasteiger partial charge in [-0.05, 0) is 63.1 Å². The smallest absolute Gasteiger partial charge is 0.257 e. The predicted octanol–water partition coefficient (Wildman–Crippen LogP) is 6.13. The lowest BCUT2D eigenvalue weighted by Crippen LogP contribution is -2.34. The van der Waals surface area contributed by atoms with E-state index < -0.39 is 0 Å². The van der Waals surface area contributed by atoms with Crippen LogP contribution in [0.3, 0.4) is 0 Å². The Balaban J connectivity index is 1.82. The summed E-state index contributed by atoms with van der Waals surface area (Å²) in [5.74, 6) is 0.964. The molecule has 1 aliphatic rings. The molecular weight excluding hydrogens is 426 g/mol. The maximum absolute atomic E-state index is 13.3. The molecule has 2 heterocycles. The highest BCUT2D eigenvalue weighted by Crippen LogP contribution is 2.38. The molecule has 1 saturated heterocycles. The molecule has 1 atom stereocenters. The van der Waals surface area contributed by atoms with E-state index in [1.807, 2.05) is 13.1 Å². The van der Waals surface area contributed by atoms with Crippen molar-refractivity contribution in [1.29, 1.82) is 0 Å². The Kier molecular flexibility index (Phi) is 6.95. The molecule has 0 radical (unpaired) electrons. The molecule has 3 N–H and O–H groups in total. The van der Waals surface area contributed by atoms with Gasteiger partial charge in [-0.3, -0.25) is 4.79 Å². The molecule has 1 unspecified atom stereocenters. The van der Waals surface area contributed by atoms with Crippen LogP contribution in [0.1, 0.15) is 36.8 Å². The van der Waals surface area contributed by atoms with E-state index in [-0.39, 0.29) is 5.56 Å². The molecule has 164 valence electrons. The number of hydrogen-bond acceptors (Lipinski definition) is 4. The lowest BCUT2D eigenvalue weighted by Gasteiger charge is -2.23. The molecule has 0 aliphatic carbocycles. The van der Waals surface area contributed by atoms with Crippen LogP contribution in [0.15, 0.2) is 40.0 Å². The van der Waals surface area contributed by atoms with Crippen LogP contribution in [0.25, 0.3) is 22.0 Å². The van der Waals surface area contributed by atoms with Crippen molar-refractivity contribution in [3.63, 3.8) is 0 Å². The molecule has 3 aromatic rings. The van der Waals surface area contributed by atoms with Gasteiger partial charge in [0.2, 0.25) is 0 Å². The van der Waals surface area contributed by atoms with Gasteiger partial charge in [-0.2, -0.15) is 0 Å². The van der Waals surface area contributed by atoms with Crippen molar-refractivity contribution in [2.75, 3.05) is 24.7 Å². The van der Waals surface area contributed by atoms with Gasteiger partial charge in [0.1, 0.15) is 0 Å². The first-order valence-electron chi connectivity index (χ1n) is 11.0. The minimum atomic E-state index is -0.0657. The maximum Gasteiger partial charge on any atom is 0.257 e. The predicted molar refractivity (Wildman–Crippen MR) is 135 cm³/mol. The van der Waals surface area contributed by atoms with Gasteiger partial charge < -0.3 is 15.6 Å². The SMILES string of the molecule is CNc1cc2c(SCCC3CCCCN3)c(-c3cc(C)cc(C)c3)c(=O)[nH]c2cc1Cl. The van der Waals surface area contributed by atoms with Crippen LogP contribution in [-0.2, 0) is 0 Å². The number of aryl methyl sites for hydroxylation is 2. The molecule has 4 nitrogen and oxygen atoms in total. The second-order valence-electron chi connectivity index (χ2n) is 8.45. The summed E-state index contributed by atoms with van der Waals surface area (Å²) in [4.78, 5) is 17.4. The van der Waals surface area contributed by atoms with E-state index in [4.69, 9.17) is 11.6 Å². The van der Waals surface area contributed by atoms with E-state index in [0.29, 0.717) is 11.1 Å². The summed E-state index contributed by atoms with van der Waals surface area (Å²) in [6.45, 7) is 5.26. The standard InChI is InChI=1S/C25H30ClN3OS/c1-15-10-16(2)12-17(11-15)23-24(31-9-7-18-6-4-5-8-28-18)19-13-22(27-3)20(26)14-21(19)29-25(23)30/h10-14,18,27-28H,4-9H2,1-3H3,(H,29,30). The number of benzene rings is 2. The zero-order valence-electron chi connectivity index (χ0n) is 18.4. The van der Waals surface area contributed by atoms with Crippen molar-refractivity contribution in [3.05, 3.63) is 56.8 Å². The van der Waals surface area contributed by atoms with Gasteiger partial charge in [0.15, 0.2) is 0 Å². The van der Waals surface area contributed by atoms with Gasteiger partial charge in [-0.25, -0.2) is 0 Å². The van der Waals surface area contributed by atoms with E-state index in [0.717, 1.165) is 62.5 Å². The minimum Gasteiger partial charge on any atom is -0.387 e. The third-order valence-corrected chi connectivity index (χ3v) is 7.42. The molecule has 31 heavy (non-hydrogen) atoms. The van der Waals surface area contributed by atoms with E-state index in [9.17, 15) is 4.79 Å². The lowest BCUT2D eigenvalue weighted by molar-refractivity contribution is 0.395. The average Bonchev–Trinajstić information content (AvgIpc) is 2.73. The molecule has 6 heteroatoms. The first-order valence-corrected chi connectivity index (χ1v) is 12.3. The number of aromatic amines is 1. The van der Waals surface area contributed by atoms with Crippen molar-refractivity contribution >= 4 is 40.0 Å². The Morgan fingerprint density at radius 2 is 1.90 bits per heavy atom. The summed E-state index contributed by atoms with van der Waals surface area (Å²) in [5.41, 5.74) is 5.62. The molecule has 0 spiro atoms. The Morgan fingerprint density at radius 3 is 2.58 bits per heavy atom. The molecular formula is C25H30ClN3OS. The van der Waals surface area contributed by atoms with Crippen LogP contribution in [-0.4, -0.2) is 30.4 Å². The highest BCUT2D eigenvalue weighted by molar-refractivity contribution is 7.99. The van der Waals surface area contributed by atoms with Gasteiger partial charge in [0.25, 0.3) is 5.56 Å². The lowest BCUT2D eigenvalue weighted by atomic mass is 10.00. The third kappa shape index (κ3) is 4.94. The highest BCUT2D eigenvalue weighted by Gasteiger charge is 2.19. The van der Waals surface area contributed by atoms with Crippen LogP contribution >= 0.6 is 23.4 Å². The molecule has 1 fully saturated rings. The zero-order chi connectivity index (χ0) is 22.0. The zero-order valence-corrected chi connectivity index (χ0v) is 20.0. The molecule has 1 aromatic heterocycles. The van der Waals surface area contributed by atoms with Gasteiger partial charge in [-0.15, -0.1) is 11.8 Å². The number of anilines is 1.